The molecule has 2 heterocycles. The minimum absolute atomic E-state index is 0. The van der Waals surface area contributed by atoms with Gasteiger partial charge >= 0.3 is 0 Å². The number of aliphatic hydroxyl groups is 1. The summed E-state index contributed by atoms with van der Waals surface area (Å²) in [6, 6.07) is 22.0. The molecule has 1 radical (unpaired) electrons. The van der Waals surface area contributed by atoms with Crippen LogP contribution in [0.25, 0.3) is 17.1 Å². The molecule has 5 rings (SSSR count). The zero-order chi connectivity index (χ0) is 38.5. The fourth-order valence-electron chi connectivity index (χ4n) is 7.97. The van der Waals surface area contributed by atoms with Crippen molar-refractivity contribution in [3.05, 3.63) is 100 Å². The van der Waals surface area contributed by atoms with Gasteiger partial charge in [-0.05, 0) is 77.6 Å². The smallest absolute Gasteiger partial charge is 0.266 e. The van der Waals surface area contributed by atoms with Crippen LogP contribution in [0.3, 0.4) is 0 Å². The maximum absolute atomic E-state index is 11.7. The molecule has 287 valence electrons. The van der Waals surface area contributed by atoms with Crippen molar-refractivity contribution in [1.82, 2.24) is 9.55 Å². The summed E-state index contributed by atoms with van der Waals surface area (Å²) in [6.45, 7) is 28.8. The molecule has 4 nitrogen and oxygen atoms in total. The van der Waals surface area contributed by atoms with E-state index in [-0.39, 0.29) is 55.6 Å². The van der Waals surface area contributed by atoms with Crippen molar-refractivity contribution in [1.29, 1.82) is 0 Å². The van der Waals surface area contributed by atoms with E-state index in [9.17, 15) is 9.90 Å². The average molecular weight is 892 g/mol. The van der Waals surface area contributed by atoms with Crippen LogP contribution in [0.5, 0.6) is 0 Å². The molecule has 3 aromatic carbocycles. The number of ketones is 1. The summed E-state index contributed by atoms with van der Waals surface area (Å²) in [7, 11) is 0. The second kappa shape index (κ2) is 18.9. The van der Waals surface area contributed by atoms with E-state index >= 15 is 0 Å². The second-order valence-corrected chi connectivity index (χ2v) is 16.8. The van der Waals surface area contributed by atoms with Gasteiger partial charge in [-0.2, -0.15) is 0 Å². The molecule has 0 saturated carbocycles. The van der Waals surface area contributed by atoms with Crippen LogP contribution >= 0.6 is 0 Å². The van der Waals surface area contributed by atoms with Gasteiger partial charge in [-0.3, -0.25) is 9.78 Å². The van der Waals surface area contributed by atoms with Crippen LogP contribution < -0.4 is 16.5 Å². The quantitative estimate of drug-likeness (QED) is 0.0588. The van der Waals surface area contributed by atoms with Crippen molar-refractivity contribution in [3.8, 4) is 17.1 Å². The van der Waals surface area contributed by atoms with Crippen molar-refractivity contribution < 1.29 is 30.0 Å². The Bertz CT molecular complexity index is 1830. The molecule has 1 aliphatic heterocycles. The van der Waals surface area contributed by atoms with Gasteiger partial charge < -0.3 is 9.67 Å². The average Bonchev–Trinajstić information content (AvgIpc) is 3.62. The normalized spacial score (nSPS) is 12.6. The van der Waals surface area contributed by atoms with Gasteiger partial charge in [-0.1, -0.05) is 126 Å². The number of fused-ring (bicyclic) bond motifs is 3. The van der Waals surface area contributed by atoms with E-state index in [1.54, 1.807) is 0 Å². The number of aliphatic hydroxyl groups excluding tert-OH is 1. The third kappa shape index (κ3) is 10.3. The van der Waals surface area contributed by atoms with Crippen LogP contribution in [0.4, 0.5) is 0 Å². The van der Waals surface area contributed by atoms with Gasteiger partial charge in [0.15, 0.2) is 5.78 Å². The number of hydrogen-bond acceptors (Lipinski definition) is 3. The molecule has 6 heteroatoms. The monoisotopic (exact) mass is 892 g/mol. The number of aromatic nitrogens is 2. The number of nitrogens with zero attached hydrogens (tertiary/aromatic N) is 2. The first-order chi connectivity index (χ1) is 24.5. The molecule has 1 N–H and O–H groups in total. The minimum atomic E-state index is 0. The Morgan fingerprint density at radius 3 is 1.98 bits per heavy atom. The molecular weight excluding hydrogens is 828 g/mol. The molecular formula is C47H64BIrN2O2-. The molecule has 1 aromatic heterocycles. The minimum Gasteiger partial charge on any atom is -0.512 e. The molecule has 0 atom stereocenters. The van der Waals surface area contributed by atoms with Crippen LogP contribution in [-0.2, 0) is 31.3 Å². The van der Waals surface area contributed by atoms with E-state index < -0.39 is 0 Å². The van der Waals surface area contributed by atoms with Crippen LogP contribution in [-0.4, -0.2) is 27.2 Å². The van der Waals surface area contributed by atoms with Gasteiger partial charge in [0.25, 0.3) is 6.71 Å². The van der Waals surface area contributed by atoms with E-state index in [4.69, 9.17) is 4.98 Å². The van der Waals surface area contributed by atoms with Crippen molar-refractivity contribution in [2.45, 2.75) is 134 Å². The zero-order valence-electron chi connectivity index (χ0n) is 34.8. The molecule has 0 unspecified atom stereocenters. The molecule has 0 saturated heterocycles. The topological polar surface area (TPSA) is 55.1 Å². The molecule has 0 fully saturated rings. The number of aryl methyl sites for hydroxylation is 2. The molecule has 0 bridgehead atoms. The van der Waals surface area contributed by atoms with E-state index in [2.05, 4.69) is 128 Å². The van der Waals surface area contributed by atoms with Crippen molar-refractivity contribution in [3.63, 3.8) is 0 Å². The first-order valence-electron chi connectivity index (χ1n) is 19.8. The summed E-state index contributed by atoms with van der Waals surface area (Å²) >= 11 is 0. The Labute approximate surface area is 335 Å². The standard InChI is InChI=1S/C34H40BN2.C13H24O2.Ir/c1-21(2)27-11-10-12-28(22(3)4)32(27)35-29-18-25(19-34(7,8)9)13-14-30(29)37-31(35)20-36-33(37)26-16-23(5)15-24(6)17-26;1-5-10(6-2)12(14)9-13(15)11(7-3)8-4;/h10-16,18,20-22H,19H2,1-9H3;9-11,14H,5-8H2,1-4H3;/q-1;;/b;12-9-;. The van der Waals surface area contributed by atoms with Gasteiger partial charge in [0, 0.05) is 55.5 Å². The summed E-state index contributed by atoms with van der Waals surface area (Å²) in [5.74, 6) is 2.42. The first kappa shape index (κ1) is 44.2. The van der Waals surface area contributed by atoms with E-state index in [0.29, 0.717) is 11.8 Å². The molecule has 0 spiro atoms. The SMILES string of the molecule is CCC(CC)C(=O)/C=C(\O)C(CC)CC.Cc1[c-]c(-c2ncc3n2-c2ccc(CC(C)(C)C)cc2B3c2c(C(C)C)cccc2C(C)C)cc(C)c1.[Ir]. The van der Waals surface area contributed by atoms with Crippen LogP contribution in [0.2, 0.25) is 0 Å². The van der Waals surface area contributed by atoms with E-state index in [1.165, 1.54) is 50.5 Å². The number of carbonyl (C=O) groups is 1. The fraction of sp³-hybridized carbons (Fsp3) is 0.489. The largest absolute Gasteiger partial charge is 0.512 e. The summed E-state index contributed by atoms with van der Waals surface area (Å²) in [4.78, 5) is 16.7. The summed E-state index contributed by atoms with van der Waals surface area (Å²) in [5, 5.41) is 9.76. The Hall–Kier alpha value is -3.21. The second-order valence-electron chi connectivity index (χ2n) is 16.8. The maximum Gasteiger partial charge on any atom is 0.266 e. The van der Waals surface area contributed by atoms with Crippen LogP contribution in [0.1, 0.15) is 141 Å². The van der Waals surface area contributed by atoms with Gasteiger partial charge in [-0.25, -0.2) is 0 Å². The van der Waals surface area contributed by atoms with Crippen molar-refractivity contribution in [2.75, 3.05) is 0 Å². The molecule has 53 heavy (non-hydrogen) atoms. The van der Waals surface area contributed by atoms with E-state index in [0.717, 1.165) is 49.1 Å². The Morgan fingerprint density at radius 1 is 0.887 bits per heavy atom. The number of benzene rings is 3. The molecule has 0 amide bonds. The zero-order valence-corrected chi connectivity index (χ0v) is 37.2. The van der Waals surface area contributed by atoms with Gasteiger partial charge in [-0.15, -0.1) is 34.9 Å². The number of rotatable bonds is 12. The number of imidazole rings is 1. The van der Waals surface area contributed by atoms with Crippen molar-refractivity contribution >= 4 is 29.0 Å². The maximum atomic E-state index is 11.7. The Kier molecular flexibility index (Phi) is 15.8. The Balaban J connectivity index is 0.000000403. The molecule has 1 aliphatic rings. The predicted molar refractivity (Wildman–Crippen MR) is 224 cm³/mol. The van der Waals surface area contributed by atoms with Gasteiger partial charge in [0.05, 0.1) is 11.6 Å². The van der Waals surface area contributed by atoms with Crippen LogP contribution in [0, 0.1) is 37.2 Å². The number of hydrogen-bond donors (Lipinski definition) is 1. The predicted octanol–water partition coefficient (Wildman–Crippen LogP) is 10.5. The molecule has 0 aliphatic carbocycles. The molecule has 4 aromatic rings. The third-order valence-electron chi connectivity index (χ3n) is 10.6. The van der Waals surface area contributed by atoms with Gasteiger partial charge in [0.1, 0.15) is 0 Å². The first-order valence-corrected chi connectivity index (χ1v) is 19.8. The number of allylic oxidation sites excluding steroid dienone is 2. The van der Waals surface area contributed by atoms with Crippen molar-refractivity contribution in [2.24, 2.45) is 17.3 Å². The summed E-state index contributed by atoms with van der Waals surface area (Å²) in [6.07, 6.45) is 8.08. The summed E-state index contributed by atoms with van der Waals surface area (Å²) in [5.41, 5.74) is 13.4. The number of carbonyl (C=O) groups excluding carboxylic acids is 1. The fourth-order valence-corrected chi connectivity index (χ4v) is 7.97. The van der Waals surface area contributed by atoms with E-state index in [1.807, 2.05) is 27.7 Å². The summed E-state index contributed by atoms with van der Waals surface area (Å²) < 4.78 is 2.41. The Morgan fingerprint density at radius 2 is 1.47 bits per heavy atom. The third-order valence-corrected chi connectivity index (χ3v) is 10.6. The van der Waals surface area contributed by atoms with Gasteiger partial charge in [0.2, 0.25) is 0 Å². The van der Waals surface area contributed by atoms with Crippen LogP contribution in [0.15, 0.2) is 66.6 Å².